The summed E-state index contributed by atoms with van der Waals surface area (Å²) >= 11 is 0. The lowest BCUT2D eigenvalue weighted by Crippen LogP contribution is -2.50. The standard InChI is InChI=1S/C15H27F3N2/c1-2-6-14(7-3-8-19-11-14)12-20-9-4-13(5-10-20)15(16,17)18/h13,19H,2-12H2,1H3. The first-order valence-corrected chi connectivity index (χ1v) is 7.95. The van der Waals surface area contributed by atoms with Crippen molar-refractivity contribution in [1.29, 1.82) is 0 Å². The monoisotopic (exact) mass is 292 g/mol. The summed E-state index contributed by atoms with van der Waals surface area (Å²) < 4.78 is 38.1. The number of halogens is 3. The molecule has 2 rings (SSSR count). The lowest BCUT2D eigenvalue weighted by atomic mass is 9.76. The number of hydrogen-bond donors (Lipinski definition) is 1. The average molecular weight is 292 g/mol. The van der Waals surface area contributed by atoms with Gasteiger partial charge in [-0.1, -0.05) is 13.3 Å². The van der Waals surface area contributed by atoms with Crippen LogP contribution in [0.4, 0.5) is 13.2 Å². The number of piperidine rings is 2. The molecule has 1 unspecified atom stereocenters. The van der Waals surface area contributed by atoms with Gasteiger partial charge in [-0.2, -0.15) is 13.2 Å². The van der Waals surface area contributed by atoms with E-state index in [1.807, 2.05) is 0 Å². The third kappa shape index (κ3) is 4.10. The molecule has 2 aliphatic heterocycles. The van der Waals surface area contributed by atoms with Crippen molar-refractivity contribution in [3.05, 3.63) is 0 Å². The van der Waals surface area contributed by atoms with E-state index in [1.165, 1.54) is 19.3 Å². The molecule has 0 saturated carbocycles. The molecular weight excluding hydrogens is 265 g/mol. The molecule has 0 aromatic carbocycles. The second kappa shape index (κ2) is 6.65. The maximum Gasteiger partial charge on any atom is 0.391 e. The predicted octanol–water partition coefficient (Wildman–Crippen LogP) is 3.43. The molecular formula is C15H27F3N2. The number of nitrogens with one attached hydrogen (secondary N) is 1. The van der Waals surface area contributed by atoms with E-state index in [-0.39, 0.29) is 18.3 Å². The highest BCUT2D eigenvalue weighted by Gasteiger charge is 2.42. The van der Waals surface area contributed by atoms with Gasteiger partial charge in [-0.25, -0.2) is 0 Å². The zero-order chi connectivity index (χ0) is 14.6. The highest BCUT2D eigenvalue weighted by atomic mass is 19.4. The lowest BCUT2D eigenvalue weighted by molar-refractivity contribution is -0.185. The maximum atomic E-state index is 12.7. The molecule has 2 saturated heterocycles. The Morgan fingerprint density at radius 3 is 2.45 bits per heavy atom. The van der Waals surface area contributed by atoms with Gasteiger partial charge in [-0.15, -0.1) is 0 Å². The molecule has 118 valence electrons. The van der Waals surface area contributed by atoms with Crippen molar-refractivity contribution in [2.75, 3.05) is 32.7 Å². The van der Waals surface area contributed by atoms with Gasteiger partial charge < -0.3 is 10.2 Å². The SMILES string of the molecule is CCCC1(CN2CCC(C(F)(F)F)CC2)CCCNC1. The van der Waals surface area contributed by atoms with E-state index in [4.69, 9.17) is 0 Å². The summed E-state index contributed by atoms with van der Waals surface area (Å²) in [5.41, 5.74) is 0.290. The fourth-order valence-electron chi connectivity index (χ4n) is 3.88. The van der Waals surface area contributed by atoms with Crippen molar-refractivity contribution in [3.8, 4) is 0 Å². The molecule has 0 amide bonds. The highest BCUT2D eigenvalue weighted by Crippen LogP contribution is 2.37. The highest BCUT2D eigenvalue weighted by molar-refractivity contribution is 4.89. The fraction of sp³-hybridized carbons (Fsp3) is 1.00. The lowest BCUT2D eigenvalue weighted by Gasteiger charge is -2.43. The smallest absolute Gasteiger partial charge is 0.316 e. The average Bonchev–Trinajstić information content (AvgIpc) is 2.39. The number of rotatable bonds is 4. The minimum atomic E-state index is -4.00. The van der Waals surface area contributed by atoms with Crippen LogP contribution >= 0.6 is 0 Å². The first-order valence-electron chi connectivity index (χ1n) is 7.95. The van der Waals surface area contributed by atoms with Crippen molar-refractivity contribution < 1.29 is 13.2 Å². The summed E-state index contributed by atoms with van der Waals surface area (Å²) in [6.45, 7) is 6.50. The summed E-state index contributed by atoms with van der Waals surface area (Å²) in [5, 5.41) is 3.48. The molecule has 0 radical (unpaired) electrons. The first kappa shape index (κ1) is 16.1. The quantitative estimate of drug-likeness (QED) is 0.854. The number of nitrogens with zero attached hydrogens (tertiary/aromatic N) is 1. The van der Waals surface area contributed by atoms with Gasteiger partial charge in [0, 0.05) is 13.1 Å². The summed E-state index contributed by atoms with van der Waals surface area (Å²) in [5.74, 6) is -1.08. The van der Waals surface area contributed by atoms with Crippen LogP contribution in [0.1, 0.15) is 45.4 Å². The van der Waals surface area contributed by atoms with Gasteiger partial charge in [0.25, 0.3) is 0 Å². The van der Waals surface area contributed by atoms with Crippen LogP contribution in [0.25, 0.3) is 0 Å². The van der Waals surface area contributed by atoms with E-state index in [0.717, 1.165) is 26.1 Å². The van der Waals surface area contributed by atoms with E-state index in [2.05, 4.69) is 17.1 Å². The van der Waals surface area contributed by atoms with Crippen LogP contribution in [0.5, 0.6) is 0 Å². The van der Waals surface area contributed by atoms with Crippen molar-refractivity contribution in [3.63, 3.8) is 0 Å². The van der Waals surface area contributed by atoms with Crippen LogP contribution < -0.4 is 5.32 Å². The summed E-state index contributed by atoms with van der Waals surface area (Å²) in [4.78, 5) is 2.27. The fourth-order valence-corrected chi connectivity index (χ4v) is 3.88. The molecule has 2 nitrogen and oxygen atoms in total. The Balaban J connectivity index is 1.86. The van der Waals surface area contributed by atoms with E-state index >= 15 is 0 Å². The largest absolute Gasteiger partial charge is 0.391 e. The van der Waals surface area contributed by atoms with E-state index in [9.17, 15) is 13.2 Å². The van der Waals surface area contributed by atoms with E-state index < -0.39 is 12.1 Å². The Labute approximate surface area is 120 Å². The normalized spacial score (nSPS) is 30.6. The van der Waals surface area contributed by atoms with Crippen molar-refractivity contribution >= 4 is 0 Å². The van der Waals surface area contributed by atoms with Crippen LogP contribution in [0, 0.1) is 11.3 Å². The van der Waals surface area contributed by atoms with Gasteiger partial charge in [-0.3, -0.25) is 0 Å². The first-order chi connectivity index (χ1) is 9.45. The second-order valence-corrected chi connectivity index (χ2v) is 6.62. The van der Waals surface area contributed by atoms with E-state index in [1.54, 1.807) is 0 Å². The minimum Gasteiger partial charge on any atom is -0.316 e. The maximum absolute atomic E-state index is 12.7. The second-order valence-electron chi connectivity index (χ2n) is 6.62. The molecule has 5 heteroatoms. The molecule has 0 aliphatic carbocycles. The van der Waals surface area contributed by atoms with Crippen molar-refractivity contribution in [2.24, 2.45) is 11.3 Å². The zero-order valence-corrected chi connectivity index (χ0v) is 12.4. The Hall–Kier alpha value is -0.290. The Kier molecular flexibility index (Phi) is 5.35. The molecule has 0 aromatic rings. The molecule has 1 atom stereocenters. The van der Waals surface area contributed by atoms with Gasteiger partial charge in [0.15, 0.2) is 0 Å². The van der Waals surface area contributed by atoms with Gasteiger partial charge >= 0.3 is 6.18 Å². The number of alkyl halides is 3. The molecule has 0 aromatic heterocycles. The van der Waals surface area contributed by atoms with Gasteiger partial charge in [0.1, 0.15) is 0 Å². The summed E-state index contributed by atoms with van der Waals surface area (Å²) in [6.07, 6.45) is 1.30. The molecule has 2 fully saturated rings. The zero-order valence-electron chi connectivity index (χ0n) is 12.4. The van der Waals surface area contributed by atoms with Crippen LogP contribution in [0.2, 0.25) is 0 Å². The van der Waals surface area contributed by atoms with Crippen LogP contribution in [-0.4, -0.2) is 43.8 Å². The number of hydrogen-bond acceptors (Lipinski definition) is 2. The minimum absolute atomic E-state index is 0.277. The van der Waals surface area contributed by atoms with Gasteiger partial charge in [0.05, 0.1) is 5.92 Å². The summed E-state index contributed by atoms with van der Waals surface area (Å²) in [7, 11) is 0. The summed E-state index contributed by atoms with van der Waals surface area (Å²) in [6, 6.07) is 0. The topological polar surface area (TPSA) is 15.3 Å². The van der Waals surface area contributed by atoms with E-state index in [0.29, 0.717) is 13.1 Å². The predicted molar refractivity (Wildman–Crippen MR) is 74.7 cm³/mol. The molecule has 1 N–H and O–H groups in total. The van der Waals surface area contributed by atoms with Crippen LogP contribution in [-0.2, 0) is 0 Å². The van der Waals surface area contributed by atoms with Crippen molar-refractivity contribution in [2.45, 2.75) is 51.6 Å². The van der Waals surface area contributed by atoms with Gasteiger partial charge in [0.2, 0.25) is 0 Å². The van der Waals surface area contributed by atoms with Crippen LogP contribution in [0.3, 0.4) is 0 Å². The molecule has 0 bridgehead atoms. The Morgan fingerprint density at radius 1 is 1.25 bits per heavy atom. The Bertz CT molecular complexity index is 284. The third-order valence-electron chi connectivity index (χ3n) is 4.95. The Morgan fingerprint density at radius 2 is 1.95 bits per heavy atom. The number of likely N-dealkylation sites (tertiary alicyclic amines) is 1. The van der Waals surface area contributed by atoms with Crippen LogP contribution in [0.15, 0.2) is 0 Å². The van der Waals surface area contributed by atoms with Crippen molar-refractivity contribution in [1.82, 2.24) is 10.2 Å². The molecule has 0 spiro atoms. The molecule has 20 heavy (non-hydrogen) atoms. The molecule has 2 aliphatic rings. The van der Waals surface area contributed by atoms with Gasteiger partial charge in [-0.05, 0) is 57.2 Å². The third-order valence-corrected chi connectivity index (χ3v) is 4.95. The molecule has 2 heterocycles.